The molecule has 3 nitrogen and oxygen atoms in total. The topological polar surface area (TPSA) is 29.9 Å². The SMILES string of the molecule is Cc1nc2cc(Cl)c(Cl)cc2n1CC1CCNCC1. The van der Waals surface area contributed by atoms with Crippen molar-refractivity contribution in [1.29, 1.82) is 0 Å². The lowest BCUT2D eigenvalue weighted by molar-refractivity contribution is 0.334. The van der Waals surface area contributed by atoms with Crippen molar-refractivity contribution in [1.82, 2.24) is 14.9 Å². The minimum atomic E-state index is 0.570. The van der Waals surface area contributed by atoms with Gasteiger partial charge in [0.2, 0.25) is 0 Å². The first-order valence-electron chi connectivity index (χ1n) is 6.68. The Morgan fingerprint density at radius 1 is 1.26 bits per heavy atom. The van der Waals surface area contributed by atoms with E-state index in [-0.39, 0.29) is 0 Å². The third-order valence-electron chi connectivity index (χ3n) is 3.88. The van der Waals surface area contributed by atoms with Crippen molar-refractivity contribution in [2.75, 3.05) is 13.1 Å². The number of piperidine rings is 1. The summed E-state index contributed by atoms with van der Waals surface area (Å²) in [4.78, 5) is 4.58. The molecular formula is C14H17Cl2N3. The van der Waals surface area contributed by atoms with E-state index in [0.717, 1.165) is 36.5 Å². The second-order valence-corrected chi connectivity index (χ2v) is 6.03. The van der Waals surface area contributed by atoms with Gasteiger partial charge < -0.3 is 9.88 Å². The zero-order chi connectivity index (χ0) is 13.4. The zero-order valence-electron chi connectivity index (χ0n) is 10.9. The second kappa shape index (κ2) is 5.31. The van der Waals surface area contributed by atoms with Gasteiger partial charge in [0.1, 0.15) is 5.82 Å². The summed E-state index contributed by atoms with van der Waals surface area (Å²) in [6.07, 6.45) is 2.45. The third kappa shape index (κ3) is 2.60. The van der Waals surface area contributed by atoms with Gasteiger partial charge in [-0.15, -0.1) is 0 Å². The quantitative estimate of drug-likeness (QED) is 0.917. The highest BCUT2D eigenvalue weighted by molar-refractivity contribution is 6.42. The summed E-state index contributed by atoms with van der Waals surface area (Å²) < 4.78 is 2.27. The van der Waals surface area contributed by atoms with Crippen LogP contribution in [0, 0.1) is 12.8 Å². The number of fused-ring (bicyclic) bond motifs is 1. The first-order valence-corrected chi connectivity index (χ1v) is 7.43. The van der Waals surface area contributed by atoms with Crippen molar-refractivity contribution in [3.8, 4) is 0 Å². The van der Waals surface area contributed by atoms with E-state index in [1.807, 2.05) is 19.1 Å². The molecule has 2 aromatic rings. The van der Waals surface area contributed by atoms with Crippen LogP contribution in [0.15, 0.2) is 12.1 Å². The smallest absolute Gasteiger partial charge is 0.106 e. The minimum Gasteiger partial charge on any atom is -0.328 e. The van der Waals surface area contributed by atoms with E-state index in [9.17, 15) is 0 Å². The van der Waals surface area contributed by atoms with E-state index in [4.69, 9.17) is 23.2 Å². The van der Waals surface area contributed by atoms with Gasteiger partial charge in [0.25, 0.3) is 0 Å². The van der Waals surface area contributed by atoms with Gasteiger partial charge in [0.05, 0.1) is 21.1 Å². The molecule has 0 saturated carbocycles. The molecule has 3 rings (SSSR count). The van der Waals surface area contributed by atoms with Crippen molar-refractivity contribution in [3.63, 3.8) is 0 Å². The van der Waals surface area contributed by atoms with E-state index in [0.29, 0.717) is 16.0 Å². The molecule has 5 heteroatoms. The molecule has 19 heavy (non-hydrogen) atoms. The van der Waals surface area contributed by atoms with E-state index in [1.165, 1.54) is 12.8 Å². The number of hydrogen-bond acceptors (Lipinski definition) is 2. The highest BCUT2D eigenvalue weighted by atomic mass is 35.5. The number of aryl methyl sites for hydroxylation is 1. The number of nitrogens with one attached hydrogen (secondary N) is 1. The van der Waals surface area contributed by atoms with Crippen LogP contribution in [0.1, 0.15) is 18.7 Å². The molecule has 0 aliphatic carbocycles. The van der Waals surface area contributed by atoms with Gasteiger partial charge in [0.15, 0.2) is 0 Å². The summed E-state index contributed by atoms with van der Waals surface area (Å²) in [7, 11) is 0. The molecule has 1 fully saturated rings. The average molecular weight is 298 g/mol. The Labute approximate surface area is 122 Å². The number of benzene rings is 1. The molecule has 1 aliphatic heterocycles. The van der Waals surface area contributed by atoms with Gasteiger partial charge in [0, 0.05) is 6.54 Å². The molecule has 0 atom stereocenters. The molecule has 0 spiro atoms. The Morgan fingerprint density at radius 2 is 1.95 bits per heavy atom. The van der Waals surface area contributed by atoms with Gasteiger partial charge in [-0.05, 0) is 50.9 Å². The van der Waals surface area contributed by atoms with Crippen LogP contribution >= 0.6 is 23.2 Å². The Kier molecular flexibility index (Phi) is 3.70. The molecule has 102 valence electrons. The number of rotatable bonds is 2. The molecule has 1 N–H and O–H groups in total. The summed E-state index contributed by atoms with van der Waals surface area (Å²) in [6, 6.07) is 3.78. The summed E-state index contributed by atoms with van der Waals surface area (Å²) in [6.45, 7) is 5.29. The van der Waals surface area contributed by atoms with Crippen LogP contribution in [0.2, 0.25) is 10.0 Å². The summed E-state index contributed by atoms with van der Waals surface area (Å²) >= 11 is 12.2. The highest BCUT2D eigenvalue weighted by Gasteiger charge is 2.17. The molecule has 1 aromatic carbocycles. The zero-order valence-corrected chi connectivity index (χ0v) is 12.4. The summed E-state index contributed by atoms with van der Waals surface area (Å²) in [5.74, 6) is 1.75. The predicted molar refractivity (Wildman–Crippen MR) is 80.1 cm³/mol. The van der Waals surface area contributed by atoms with Crippen molar-refractivity contribution in [2.24, 2.45) is 5.92 Å². The standard InChI is InChI=1S/C14H17Cl2N3/c1-9-18-13-6-11(15)12(16)7-14(13)19(9)8-10-2-4-17-5-3-10/h6-7,10,17H,2-5,8H2,1H3. The van der Waals surface area contributed by atoms with Gasteiger partial charge in [-0.2, -0.15) is 0 Å². The fourth-order valence-electron chi connectivity index (χ4n) is 2.79. The molecule has 0 amide bonds. The number of hydrogen-bond donors (Lipinski definition) is 1. The van der Waals surface area contributed by atoms with Crippen LogP contribution in [0.4, 0.5) is 0 Å². The Bertz CT molecular complexity index is 600. The molecular weight excluding hydrogens is 281 g/mol. The molecule has 0 unspecified atom stereocenters. The van der Waals surface area contributed by atoms with Gasteiger partial charge >= 0.3 is 0 Å². The lowest BCUT2D eigenvalue weighted by atomic mass is 9.98. The molecule has 2 heterocycles. The van der Waals surface area contributed by atoms with Crippen LogP contribution in [0.25, 0.3) is 11.0 Å². The molecule has 0 bridgehead atoms. The van der Waals surface area contributed by atoms with Crippen molar-refractivity contribution in [3.05, 3.63) is 28.0 Å². The third-order valence-corrected chi connectivity index (χ3v) is 4.60. The summed E-state index contributed by atoms with van der Waals surface area (Å²) in [5, 5.41) is 4.57. The highest BCUT2D eigenvalue weighted by Crippen LogP contribution is 2.29. The monoisotopic (exact) mass is 297 g/mol. The number of imidazole rings is 1. The number of nitrogens with zero attached hydrogens (tertiary/aromatic N) is 2. The fourth-order valence-corrected chi connectivity index (χ4v) is 3.11. The lowest BCUT2D eigenvalue weighted by Gasteiger charge is -2.23. The molecule has 0 radical (unpaired) electrons. The largest absolute Gasteiger partial charge is 0.328 e. The van der Waals surface area contributed by atoms with E-state index < -0.39 is 0 Å². The Balaban J connectivity index is 1.97. The maximum Gasteiger partial charge on any atom is 0.106 e. The van der Waals surface area contributed by atoms with Crippen molar-refractivity contribution < 1.29 is 0 Å². The first-order chi connectivity index (χ1) is 9.15. The first kappa shape index (κ1) is 13.2. The molecule has 1 aromatic heterocycles. The van der Waals surface area contributed by atoms with Gasteiger partial charge in [-0.3, -0.25) is 0 Å². The van der Waals surface area contributed by atoms with Crippen molar-refractivity contribution in [2.45, 2.75) is 26.3 Å². The fraction of sp³-hybridized carbons (Fsp3) is 0.500. The molecule has 1 aliphatic rings. The predicted octanol–water partition coefficient (Wildman–Crippen LogP) is 3.65. The van der Waals surface area contributed by atoms with Crippen LogP contribution in [0.5, 0.6) is 0 Å². The van der Waals surface area contributed by atoms with E-state index in [2.05, 4.69) is 14.9 Å². The van der Waals surface area contributed by atoms with Crippen LogP contribution in [-0.2, 0) is 6.54 Å². The van der Waals surface area contributed by atoms with Gasteiger partial charge in [-0.1, -0.05) is 23.2 Å². The second-order valence-electron chi connectivity index (χ2n) is 5.22. The maximum atomic E-state index is 6.13. The number of halogens is 2. The van der Waals surface area contributed by atoms with Crippen molar-refractivity contribution >= 4 is 34.2 Å². The maximum absolute atomic E-state index is 6.13. The Morgan fingerprint density at radius 3 is 2.68 bits per heavy atom. The van der Waals surface area contributed by atoms with Crippen LogP contribution < -0.4 is 5.32 Å². The van der Waals surface area contributed by atoms with E-state index in [1.54, 1.807) is 0 Å². The van der Waals surface area contributed by atoms with E-state index >= 15 is 0 Å². The van der Waals surface area contributed by atoms with Crippen LogP contribution in [-0.4, -0.2) is 22.6 Å². The summed E-state index contributed by atoms with van der Waals surface area (Å²) in [5.41, 5.74) is 2.02. The average Bonchev–Trinajstić information content (AvgIpc) is 2.68. The normalized spacial score (nSPS) is 17.2. The van der Waals surface area contributed by atoms with Crippen LogP contribution in [0.3, 0.4) is 0 Å². The minimum absolute atomic E-state index is 0.570. The molecule has 1 saturated heterocycles. The Hall–Kier alpha value is -0.770. The van der Waals surface area contributed by atoms with Gasteiger partial charge in [-0.25, -0.2) is 4.98 Å². The lowest BCUT2D eigenvalue weighted by Crippen LogP contribution is -2.30. The number of aromatic nitrogens is 2.